The van der Waals surface area contributed by atoms with Gasteiger partial charge >= 0.3 is 0 Å². The SMILES string of the molecule is CC1CC(NC(=O)c2ccc(C(C)C)cc2)NN1. The van der Waals surface area contributed by atoms with Gasteiger partial charge in [-0.15, -0.1) is 0 Å². The van der Waals surface area contributed by atoms with Crippen molar-refractivity contribution in [2.75, 3.05) is 0 Å². The van der Waals surface area contributed by atoms with E-state index in [1.165, 1.54) is 5.56 Å². The molecule has 0 saturated carbocycles. The highest BCUT2D eigenvalue weighted by atomic mass is 16.1. The highest BCUT2D eigenvalue weighted by Crippen LogP contribution is 2.14. The Labute approximate surface area is 108 Å². The van der Waals surface area contributed by atoms with Crippen LogP contribution in [0.25, 0.3) is 0 Å². The fourth-order valence-electron chi connectivity index (χ4n) is 2.07. The van der Waals surface area contributed by atoms with E-state index < -0.39 is 0 Å². The molecule has 1 aliphatic heterocycles. The third kappa shape index (κ3) is 3.09. The Morgan fingerprint density at radius 3 is 2.44 bits per heavy atom. The average molecular weight is 247 g/mol. The van der Waals surface area contributed by atoms with Crippen LogP contribution in [0.2, 0.25) is 0 Å². The Morgan fingerprint density at radius 1 is 1.28 bits per heavy atom. The van der Waals surface area contributed by atoms with Gasteiger partial charge in [0.2, 0.25) is 0 Å². The Morgan fingerprint density at radius 2 is 1.94 bits per heavy atom. The molecule has 1 amide bonds. The first-order valence-corrected chi connectivity index (χ1v) is 6.48. The summed E-state index contributed by atoms with van der Waals surface area (Å²) in [6.45, 7) is 6.37. The van der Waals surface area contributed by atoms with Gasteiger partial charge in [0.25, 0.3) is 5.91 Å². The molecule has 1 aromatic rings. The van der Waals surface area contributed by atoms with Crippen molar-refractivity contribution >= 4 is 5.91 Å². The lowest BCUT2D eigenvalue weighted by atomic mass is 10.0. The van der Waals surface area contributed by atoms with Crippen LogP contribution in [0.3, 0.4) is 0 Å². The van der Waals surface area contributed by atoms with Crippen LogP contribution in [-0.4, -0.2) is 18.1 Å². The van der Waals surface area contributed by atoms with Crippen LogP contribution >= 0.6 is 0 Å². The van der Waals surface area contributed by atoms with Crippen LogP contribution in [0, 0.1) is 0 Å². The predicted molar refractivity (Wildman–Crippen MR) is 72.1 cm³/mol. The fourth-order valence-corrected chi connectivity index (χ4v) is 2.07. The van der Waals surface area contributed by atoms with E-state index >= 15 is 0 Å². The molecule has 0 radical (unpaired) electrons. The van der Waals surface area contributed by atoms with Gasteiger partial charge in [-0.3, -0.25) is 10.2 Å². The van der Waals surface area contributed by atoms with Crippen LogP contribution in [0.5, 0.6) is 0 Å². The van der Waals surface area contributed by atoms with E-state index in [-0.39, 0.29) is 12.1 Å². The Kier molecular flexibility index (Phi) is 3.99. The molecule has 98 valence electrons. The van der Waals surface area contributed by atoms with Crippen LogP contribution < -0.4 is 16.2 Å². The molecule has 1 saturated heterocycles. The quantitative estimate of drug-likeness (QED) is 0.763. The summed E-state index contributed by atoms with van der Waals surface area (Å²) in [5.41, 5.74) is 8.10. The number of carbonyl (C=O) groups excluding carboxylic acids is 1. The van der Waals surface area contributed by atoms with Gasteiger partial charge in [0.1, 0.15) is 0 Å². The lowest BCUT2D eigenvalue weighted by Crippen LogP contribution is -2.44. The van der Waals surface area contributed by atoms with E-state index in [9.17, 15) is 4.79 Å². The minimum absolute atomic E-state index is 0.0114. The zero-order valence-corrected chi connectivity index (χ0v) is 11.2. The van der Waals surface area contributed by atoms with Gasteiger partial charge in [-0.2, -0.15) is 0 Å². The van der Waals surface area contributed by atoms with Gasteiger partial charge in [-0.25, -0.2) is 5.43 Å². The van der Waals surface area contributed by atoms with E-state index in [4.69, 9.17) is 0 Å². The molecule has 2 rings (SSSR count). The molecule has 2 atom stereocenters. The summed E-state index contributed by atoms with van der Waals surface area (Å²) in [7, 11) is 0. The number of hydrogen-bond acceptors (Lipinski definition) is 3. The van der Waals surface area contributed by atoms with E-state index in [0.29, 0.717) is 17.5 Å². The second-order valence-electron chi connectivity index (χ2n) is 5.23. The highest BCUT2D eigenvalue weighted by molar-refractivity contribution is 5.94. The summed E-state index contributed by atoms with van der Waals surface area (Å²) in [6.07, 6.45) is 0.910. The van der Waals surface area contributed by atoms with Crippen LogP contribution in [0.1, 0.15) is 49.0 Å². The van der Waals surface area contributed by atoms with Crippen LogP contribution in [0.15, 0.2) is 24.3 Å². The first-order chi connectivity index (χ1) is 8.56. The standard InChI is InChI=1S/C14H21N3O/c1-9(2)11-4-6-12(7-5-11)14(18)15-13-8-10(3)16-17-13/h4-7,9-10,13,16-17H,8H2,1-3H3,(H,15,18). The lowest BCUT2D eigenvalue weighted by molar-refractivity contribution is 0.0932. The van der Waals surface area contributed by atoms with Crippen molar-refractivity contribution in [2.24, 2.45) is 0 Å². The smallest absolute Gasteiger partial charge is 0.252 e. The topological polar surface area (TPSA) is 53.2 Å². The summed E-state index contributed by atoms with van der Waals surface area (Å²) < 4.78 is 0. The zero-order valence-electron chi connectivity index (χ0n) is 11.2. The fraction of sp³-hybridized carbons (Fsp3) is 0.500. The number of benzene rings is 1. The van der Waals surface area contributed by atoms with Gasteiger partial charge < -0.3 is 5.32 Å². The Bertz CT molecular complexity index is 414. The average Bonchev–Trinajstić information content (AvgIpc) is 2.75. The van der Waals surface area contributed by atoms with Gasteiger partial charge in [-0.05, 0) is 37.0 Å². The first-order valence-electron chi connectivity index (χ1n) is 6.48. The van der Waals surface area contributed by atoms with E-state index in [0.717, 1.165) is 6.42 Å². The molecule has 1 aliphatic rings. The van der Waals surface area contributed by atoms with E-state index in [1.54, 1.807) is 0 Å². The summed E-state index contributed by atoms with van der Waals surface area (Å²) in [4.78, 5) is 12.0. The van der Waals surface area contributed by atoms with E-state index in [1.807, 2.05) is 24.3 Å². The van der Waals surface area contributed by atoms with Gasteiger partial charge in [-0.1, -0.05) is 26.0 Å². The van der Waals surface area contributed by atoms with Crippen LogP contribution in [0.4, 0.5) is 0 Å². The largest absolute Gasteiger partial charge is 0.335 e. The molecule has 0 aromatic heterocycles. The van der Waals surface area contributed by atoms with Gasteiger partial charge in [0.15, 0.2) is 0 Å². The number of carbonyl (C=O) groups is 1. The van der Waals surface area contributed by atoms with Crippen molar-refractivity contribution in [1.29, 1.82) is 0 Å². The molecule has 0 spiro atoms. The maximum atomic E-state index is 12.0. The third-order valence-corrected chi connectivity index (χ3v) is 3.24. The van der Waals surface area contributed by atoms with Crippen molar-refractivity contribution < 1.29 is 4.79 Å². The van der Waals surface area contributed by atoms with E-state index in [2.05, 4.69) is 36.9 Å². The minimum atomic E-state index is -0.0290. The van der Waals surface area contributed by atoms with Crippen molar-refractivity contribution in [2.45, 2.75) is 45.3 Å². The van der Waals surface area contributed by atoms with Crippen LogP contribution in [-0.2, 0) is 0 Å². The second kappa shape index (κ2) is 5.50. The molecule has 0 aliphatic carbocycles. The highest BCUT2D eigenvalue weighted by Gasteiger charge is 2.21. The molecule has 18 heavy (non-hydrogen) atoms. The summed E-state index contributed by atoms with van der Waals surface area (Å²) in [6, 6.07) is 8.19. The number of amides is 1. The number of nitrogens with one attached hydrogen (secondary N) is 3. The molecular formula is C14H21N3O. The molecule has 1 aromatic carbocycles. The predicted octanol–water partition coefficient (Wildman–Crippen LogP) is 1.75. The monoisotopic (exact) mass is 247 g/mol. The Balaban J connectivity index is 1.96. The number of hydrazine groups is 1. The molecule has 2 unspecified atom stereocenters. The molecule has 1 heterocycles. The maximum Gasteiger partial charge on any atom is 0.252 e. The molecule has 1 fully saturated rings. The molecule has 3 N–H and O–H groups in total. The number of rotatable bonds is 3. The van der Waals surface area contributed by atoms with Gasteiger partial charge in [0, 0.05) is 11.6 Å². The van der Waals surface area contributed by atoms with Gasteiger partial charge in [0.05, 0.1) is 6.17 Å². The zero-order chi connectivity index (χ0) is 13.1. The second-order valence-corrected chi connectivity index (χ2v) is 5.23. The van der Waals surface area contributed by atoms with Crippen molar-refractivity contribution in [1.82, 2.24) is 16.2 Å². The molecule has 0 bridgehead atoms. The van der Waals surface area contributed by atoms with Crippen molar-refractivity contribution in [3.8, 4) is 0 Å². The van der Waals surface area contributed by atoms with Crippen molar-refractivity contribution in [3.05, 3.63) is 35.4 Å². The first kappa shape index (κ1) is 13.1. The van der Waals surface area contributed by atoms with Crippen molar-refractivity contribution in [3.63, 3.8) is 0 Å². The normalized spacial score (nSPS) is 23.3. The summed E-state index contributed by atoms with van der Waals surface area (Å²) in [5, 5.41) is 2.96. The molecule has 4 nitrogen and oxygen atoms in total. The minimum Gasteiger partial charge on any atom is -0.335 e. The Hall–Kier alpha value is -1.39. The summed E-state index contributed by atoms with van der Waals surface area (Å²) in [5.74, 6) is 0.461. The molecule has 4 heteroatoms. The third-order valence-electron chi connectivity index (χ3n) is 3.24. The molecular weight excluding hydrogens is 226 g/mol. The number of hydrogen-bond donors (Lipinski definition) is 3. The summed E-state index contributed by atoms with van der Waals surface area (Å²) >= 11 is 0. The lowest BCUT2D eigenvalue weighted by Gasteiger charge is -2.12. The maximum absolute atomic E-state index is 12.0.